The van der Waals surface area contributed by atoms with E-state index >= 15 is 0 Å². The lowest BCUT2D eigenvalue weighted by atomic mass is 10.1. The van der Waals surface area contributed by atoms with E-state index in [1.807, 2.05) is 0 Å². The van der Waals surface area contributed by atoms with E-state index in [1.54, 1.807) is 0 Å². The smallest absolute Gasteiger partial charge is 0.306 e. The highest BCUT2D eigenvalue weighted by atomic mass is 16.6. The molecule has 0 N–H and O–H groups in total. The third-order valence-corrected chi connectivity index (χ3v) is 11.4. The van der Waals surface area contributed by atoms with Gasteiger partial charge in [-0.3, -0.25) is 14.4 Å². The first-order valence-electron chi connectivity index (χ1n) is 27.1. The summed E-state index contributed by atoms with van der Waals surface area (Å²) in [6.07, 6.45) is 68.6. The third-order valence-electron chi connectivity index (χ3n) is 11.4. The Morgan fingerprint density at radius 3 is 1.14 bits per heavy atom. The van der Waals surface area contributed by atoms with Crippen LogP contribution in [0.4, 0.5) is 0 Å². The summed E-state index contributed by atoms with van der Waals surface area (Å²) >= 11 is 0. The summed E-state index contributed by atoms with van der Waals surface area (Å²) in [5.41, 5.74) is 0. The molecule has 0 amide bonds. The maximum absolute atomic E-state index is 12.8. The molecule has 0 aliphatic rings. The molecular weight excluding hydrogens is 805 g/mol. The monoisotopic (exact) mass is 905 g/mol. The molecule has 0 aromatic carbocycles. The van der Waals surface area contributed by atoms with E-state index < -0.39 is 6.10 Å². The molecule has 0 radical (unpaired) electrons. The van der Waals surface area contributed by atoms with E-state index in [4.69, 9.17) is 14.2 Å². The second kappa shape index (κ2) is 53.2. The topological polar surface area (TPSA) is 78.9 Å². The first-order chi connectivity index (χ1) is 32.0. The summed E-state index contributed by atoms with van der Waals surface area (Å²) in [6, 6.07) is 0. The molecule has 0 aliphatic heterocycles. The van der Waals surface area contributed by atoms with Crippen molar-refractivity contribution in [1.29, 1.82) is 0 Å². The lowest BCUT2D eigenvalue weighted by molar-refractivity contribution is -0.167. The molecule has 0 heterocycles. The van der Waals surface area contributed by atoms with Crippen LogP contribution in [-0.4, -0.2) is 37.2 Å². The molecule has 1 atom stereocenters. The van der Waals surface area contributed by atoms with Gasteiger partial charge in [0.15, 0.2) is 6.10 Å². The van der Waals surface area contributed by atoms with Crippen LogP contribution >= 0.6 is 0 Å². The summed E-state index contributed by atoms with van der Waals surface area (Å²) in [5, 5.41) is 0. The van der Waals surface area contributed by atoms with Gasteiger partial charge in [0.2, 0.25) is 0 Å². The summed E-state index contributed by atoms with van der Waals surface area (Å²) in [6.45, 7) is 6.43. The number of carbonyl (C=O) groups excluding carboxylic acids is 3. The average Bonchev–Trinajstić information content (AvgIpc) is 3.30. The molecule has 0 saturated heterocycles. The number of esters is 3. The van der Waals surface area contributed by atoms with Crippen LogP contribution in [0.15, 0.2) is 85.1 Å². The van der Waals surface area contributed by atoms with Gasteiger partial charge >= 0.3 is 17.9 Å². The van der Waals surface area contributed by atoms with Crippen LogP contribution in [0.1, 0.15) is 252 Å². The molecule has 372 valence electrons. The molecule has 65 heavy (non-hydrogen) atoms. The Labute approximate surface area is 401 Å². The van der Waals surface area contributed by atoms with E-state index in [0.29, 0.717) is 25.7 Å². The van der Waals surface area contributed by atoms with Crippen molar-refractivity contribution in [1.82, 2.24) is 0 Å². The van der Waals surface area contributed by atoms with E-state index in [9.17, 15) is 14.4 Å². The van der Waals surface area contributed by atoms with Crippen LogP contribution in [0.3, 0.4) is 0 Å². The number of allylic oxidation sites excluding steroid dienone is 14. The van der Waals surface area contributed by atoms with Crippen molar-refractivity contribution in [2.45, 2.75) is 258 Å². The van der Waals surface area contributed by atoms with Gasteiger partial charge in [-0.15, -0.1) is 0 Å². The van der Waals surface area contributed by atoms with E-state index in [2.05, 4.69) is 106 Å². The third kappa shape index (κ3) is 51.4. The van der Waals surface area contributed by atoms with Crippen LogP contribution in [0.2, 0.25) is 0 Å². The Kier molecular flexibility index (Phi) is 50.4. The fraction of sp³-hybridized carbons (Fsp3) is 0.712. The SMILES string of the molecule is CC/C=C\C/C=C\C/C=C\C/C=C\CCCCCCCCC(=O)OCC(COC(=O)CCC/C=C\CCCCCC)OC(=O)CCCCCCCCCCCC/C=C\C=C/CCCCC. The standard InChI is InChI=1S/C59H100O6/c1-4-7-10-13-16-19-21-23-25-27-29-31-33-35-37-40-43-46-49-52-58(61)64-55-56(54-63-57(60)51-48-45-42-39-18-15-12-9-6-3)65-59(62)53-50-47-44-41-38-36-34-32-30-28-26-24-22-20-17-14-11-8-5-2/h7,10,16-17,19-20,22-25,29,31,39,42,56H,4-6,8-9,11-15,18,21,26-28,30,32-38,40-41,43-55H2,1-3H3/b10-7-,19-16-,20-17-,24-22-,25-23-,31-29-,42-39-. The maximum atomic E-state index is 12.8. The van der Waals surface area contributed by atoms with Gasteiger partial charge in [0.25, 0.3) is 0 Å². The lowest BCUT2D eigenvalue weighted by Crippen LogP contribution is -2.30. The highest BCUT2D eigenvalue weighted by Gasteiger charge is 2.19. The quantitative estimate of drug-likeness (QED) is 0.0199. The number of unbranched alkanes of at least 4 members (excludes halogenated alkanes) is 24. The van der Waals surface area contributed by atoms with Crippen molar-refractivity contribution in [3.05, 3.63) is 85.1 Å². The second-order valence-corrected chi connectivity index (χ2v) is 17.8. The number of hydrogen-bond acceptors (Lipinski definition) is 6. The number of rotatable bonds is 48. The Morgan fingerprint density at radius 2 is 0.662 bits per heavy atom. The number of carbonyl (C=O) groups is 3. The van der Waals surface area contributed by atoms with Gasteiger partial charge in [0.05, 0.1) is 0 Å². The molecule has 0 aromatic heterocycles. The Morgan fingerprint density at radius 1 is 0.338 bits per heavy atom. The lowest BCUT2D eigenvalue weighted by Gasteiger charge is -2.18. The zero-order valence-electron chi connectivity index (χ0n) is 42.5. The highest BCUT2D eigenvalue weighted by Crippen LogP contribution is 2.14. The van der Waals surface area contributed by atoms with Crippen molar-refractivity contribution in [3.8, 4) is 0 Å². The predicted molar refractivity (Wildman–Crippen MR) is 279 cm³/mol. The van der Waals surface area contributed by atoms with Crippen molar-refractivity contribution in [2.75, 3.05) is 13.2 Å². The molecule has 0 spiro atoms. The van der Waals surface area contributed by atoms with Crippen LogP contribution in [0.25, 0.3) is 0 Å². The molecule has 0 saturated carbocycles. The first kappa shape index (κ1) is 61.6. The van der Waals surface area contributed by atoms with Gasteiger partial charge < -0.3 is 14.2 Å². The minimum absolute atomic E-state index is 0.0941. The molecule has 6 heteroatoms. The predicted octanol–water partition coefficient (Wildman–Crippen LogP) is 18.0. The zero-order chi connectivity index (χ0) is 47.2. The largest absolute Gasteiger partial charge is 0.462 e. The molecule has 0 fully saturated rings. The Balaban J connectivity index is 4.35. The van der Waals surface area contributed by atoms with E-state index in [0.717, 1.165) is 89.9 Å². The second-order valence-electron chi connectivity index (χ2n) is 17.8. The van der Waals surface area contributed by atoms with E-state index in [1.165, 1.54) is 116 Å². The van der Waals surface area contributed by atoms with Crippen LogP contribution in [-0.2, 0) is 28.6 Å². The summed E-state index contributed by atoms with van der Waals surface area (Å²) in [5.74, 6) is -0.946. The van der Waals surface area contributed by atoms with E-state index in [-0.39, 0.29) is 31.1 Å². The van der Waals surface area contributed by atoms with Gasteiger partial charge in [-0.25, -0.2) is 0 Å². The highest BCUT2D eigenvalue weighted by molar-refractivity contribution is 5.71. The van der Waals surface area contributed by atoms with Crippen LogP contribution < -0.4 is 0 Å². The van der Waals surface area contributed by atoms with Gasteiger partial charge in [-0.1, -0.05) is 215 Å². The normalized spacial score (nSPS) is 12.7. The Bertz CT molecular complexity index is 1270. The fourth-order valence-electron chi connectivity index (χ4n) is 7.31. The first-order valence-corrected chi connectivity index (χ1v) is 27.1. The summed E-state index contributed by atoms with van der Waals surface area (Å²) in [4.78, 5) is 38.0. The molecular formula is C59H100O6. The van der Waals surface area contributed by atoms with Crippen molar-refractivity contribution >= 4 is 17.9 Å². The van der Waals surface area contributed by atoms with Crippen molar-refractivity contribution < 1.29 is 28.6 Å². The van der Waals surface area contributed by atoms with Crippen LogP contribution in [0.5, 0.6) is 0 Å². The Hall–Kier alpha value is -3.41. The molecule has 0 aromatic rings. The zero-order valence-corrected chi connectivity index (χ0v) is 42.5. The number of hydrogen-bond donors (Lipinski definition) is 0. The van der Waals surface area contributed by atoms with Crippen LogP contribution in [0, 0.1) is 0 Å². The minimum atomic E-state index is -0.795. The molecule has 1 unspecified atom stereocenters. The maximum Gasteiger partial charge on any atom is 0.306 e. The molecule has 0 rings (SSSR count). The molecule has 0 aliphatic carbocycles. The minimum Gasteiger partial charge on any atom is -0.462 e. The fourth-order valence-corrected chi connectivity index (χ4v) is 7.31. The van der Waals surface area contributed by atoms with Gasteiger partial charge in [-0.05, 0) is 103 Å². The molecule has 0 bridgehead atoms. The van der Waals surface area contributed by atoms with Gasteiger partial charge in [-0.2, -0.15) is 0 Å². The van der Waals surface area contributed by atoms with Crippen molar-refractivity contribution in [3.63, 3.8) is 0 Å². The summed E-state index contributed by atoms with van der Waals surface area (Å²) < 4.78 is 16.8. The van der Waals surface area contributed by atoms with Crippen molar-refractivity contribution in [2.24, 2.45) is 0 Å². The van der Waals surface area contributed by atoms with Gasteiger partial charge in [0.1, 0.15) is 13.2 Å². The van der Waals surface area contributed by atoms with Gasteiger partial charge in [0, 0.05) is 19.3 Å². The number of ether oxygens (including phenoxy) is 3. The molecule has 6 nitrogen and oxygen atoms in total. The average molecular weight is 905 g/mol. The summed E-state index contributed by atoms with van der Waals surface area (Å²) in [7, 11) is 0.